The van der Waals surface area contributed by atoms with Gasteiger partial charge in [-0.2, -0.15) is 8.78 Å². The molecule has 0 unspecified atom stereocenters. The van der Waals surface area contributed by atoms with Gasteiger partial charge in [0.25, 0.3) is 0 Å². The highest BCUT2D eigenvalue weighted by Crippen LogP contribution is 2.25. The van der Waals surface area contributed by atoms with Gasteiger partial charge in [0.2, 0.25) is 0 Å². The van der Waals surface area contributed by atoms with Crippen LogP contribution in [0, 0.1) is 5.82 Å². The number of hydrogen-bond donors (Lipinski definition) is 2. The van der Waals surface area contributed by atoms with Crippen LogP contribution < -0.4 is 20.1 Å². The van der Waals surface area contributed by atoms with Crippen molar-refractivity contribution in [1.29, 1.82) is 0 Å². The molecule has 2 aromatic carbocycles. The largest absolute Gasteiger partial charge is 0.497 e. The first kappa shape index (κ1) is 22.0. The summed E-state index contributed by atoms with van der Waals surface area (Å²) in [4.78, 5) is 8.01. The fraction of sp³-hybridized carbons (Fsp3) is 0.238. The minimum absolute atomic E-state index is 0.0379. The van der Waals surface area contributed by atoms with Crippen molar-refractivity contribution in [2.75, 3.05) is 14.2 Å². The average molecular weight is 433 g/mol. The number of nitrogens with one attached hydrogen (secondary N) is 2. The molecule has 31 heavy (non-hydrogen) atoms. The molecule has 7 nitrogen and oxygen atoms in total. The Bertz CT molecular complexity index is 1030. The molecule has 0 bridgehead atoms. The molecule has 0 saturated heterocycles. The van der Waals surface area contributed by atoms with Crippen molar-refractivity contribution in [2.24, 2.45) is 4.99 Å². The van der Waals surface area contributed by atoms with Crippen molar-refractivity contribution in [3.05, 3.63) is 72.1 Å². The van der Waals surface area contributed by atoms with E-state index in [-0.39, 0.29) is 18.1 Å². The van der Waals surface area contributed by atoms with Crippen LogP contribution in [0.25, 0.3) is 5.69 Å². The number of hydrogen-bond acceptors (Lipinski definition) is 4. The summed E-state index contributed by atoms with van der Waals surface area (Å²) in [6, 6.07) is 9.43. The van der Waals surface area contributed by atoms with Gasteiger partial charge in [0.05, 0.1) is 19.1 Å². The van der Waals surface area contributed by atoms with E-state index in [1.165, 1.54) is 31.6 Å². The third-order valence-electron chi connectivity index (χ3n) is 4.41. The third kappa shape index (κ3) is 5.91. The van der Waals surface area contributed by atoms with E-state index in [0.717, 1.165) is 0 Å². The van der Waals surface area contributed by atoms with Gasteiger partial charge in [-0.1, -0.05) is 6.07 Å². The molecule has 1 aromatic heterocycles. The van der Waals surface area contributed by atoms with Crippen LogP contribution in [0.1, 0.15) is 11.1 Å². The molecule has 10 heteroatoms. The van der Waals surface area contributed by atoms with E-state index in [4.69, 9.17) is 4.74 Å². The smallest absolute Gasteiger partial charge is 0.387 e. The summed E-state index contributed by atoms with van der Waals surface area (Å²) >= 11 is 0. The Balaban J connectivity index is 1.62. The third-order valence-corrected chi connectivity index (χ3v) is 4.41. The van der Waals surface area contributed by atoms with Gasteiger partial charge < -0.3 is 24.7 Å². The van der Waals surface area contributed by atoms with Crippen LogP contribution >= 0.6 is 0 Å². The van der Waals surface area contributed by atoms with Crippen LogP contribution in [0.3, 0.4) is 0 Å². The van der Waals surface area contributed by atoms with Gasteiger partial charge in [0, 0.05) is 38.1 Å². The summed E-state index contributed by atoms with van der Waals surface area (Å²) in [6.45, 7) is -2.48. The molecule has 2 N–H and O–H groups in total. The highest BCUT2D eigenvalue weighted by Gasteiger charge is 2.12. The monoisotopic (exact) mass is 433 g/mol. The van der Waals surface area contributed by atoms with Crippen LogP contribution in [-0.4, -0.2) is 36.3 Å². The van der Waals surface area contributed by atoms with Gasteiger partial charge in [0.15, 0.2) is 5.96 Å². The molecule has 0 saturated carbocycles. The van der Waals surface area contributed by atoms with Gasteiger partial charge >= 0.3 is 6.61 Å². The van der Waals surface area contributed by atoms with E-state index in [1.807, 2.05) is 0 Å². The molecule has 0 radical (unpaired) electrons. The van der Waals surface area contributed by atoms with Gasteiger partial charge in [-0.3, -0.25) is 4.99 Å². The van der Waals surface area contributed by atoms with Crippen LogP contribution in [0.15, 0.2) is 60.1 Å². The molecule has 0 amide bonds. The lowest BCUT2D eigenvalue weighted by Gasteiger charge is -2.16. The van der Waals surface area contributed by atoms with Crippen molar-refractivity contribution in [1.82, 2.24) is 20.2 Å². The molecule has 0 atom stereocenters. The Kier molecular flexibility index (Phi) is 7.36. The molecule has 0 aliphatic heterocycles. The summed E-state index contributed by atoms with van der Waals surface area (Å²) in [6.07, 6.45) is 4.75. The average Bonchev–Trinajstić information content (AvgIpc) is 3.29. The Labute approximate surface area is 177 Å². The van der Waals surface area contributed by atoms with Gasteiger partial charge in [0.1, 0.15) is 17.3 Å². The lowest BCUT2D eigenvalue weighted by atomic mass is 10.2. The lowest BCUT2D eigenvalue weighted by Crippen LogP contribution is -2.36. The summed E-state index contributed by atoms with van der Waals surface area (Å²) in [5.41, 5.74) is 1.57. The first-order valence-electron chi connectivity index (χ1n) is 9.33. The van der Waals surface area contributed by atoms with Crippen LogP contribution in [0.5, 0.6) is 11.5 Å². The van der Waals surface area contributed by atoms with Crippen molar-refractivity contribution in [3.8, 4) is 17.2 Å². The zero-order chi connectivity index (χ0) is 22.2. The van der Waals surface area contributed by atoms with Gasteiger partial charge in [-0.05, 0) is 35.9 Å². The van der Waals surface area contributed by atoms with Crippen molar-refractivity contribution in [3.63, 3.8) is 0 Å². The second-order valence-corrected chi connectivity index (χ2v) is 6.39. The highest BCUT2D eigenvalue weighted by atomic mass is 19.3. The predicted molar refractivity (Wildman–Crippen MR) is 110 cm³/mol. The number of ether oxygens (including phenoxy) is 2. The van der Waals surface area contributed by atoms with E-state index in [1.54, 1.807) is 42.2 Å². The number of benzene rings is 2. The molecule has 1 heterocycles. The van der Waals surface area contributed by atoms with E-state index in [2.05, 4.69) is 25.3 Å². The molecule has 3 rings (SSSR count). The molecule has 0 fully saturated rings. The normalized spacial score (nSPS) is 11.5. The number of aromatic nitrogens is 2. The van der Waals surface area contributed by atoms with Crippen molar-refractivity contribution in [2.45, 2.75) is 19.7 Å². The Morgan fingerprint density at radius 3 is 2.61 bits per heavy atom. The van der Waals surface area contributed by atoms with Gasteiger partial charge in [-0.15, -0.1) is 0 Å². The molecule has 0 aliphatic rings. The minimum Gasteiger partial charge on any atom is -0.497 e. The second kappa shape index (κ2) is 10.4. The molecular weight excluding hydrogens is 411 g/mol. The first-order valence-corrected chi connectivity index (χ1v) is 9.33. The van der Waals surface area contributed by atoms with Gasteiger partial charge in [-0.25, -0.2) is 9.37 Å². The molecule has 164 valence electrons. The Morgan fingerprint density at radius 2 is 1.97 bits per heavy atom. The van der Waals surface area contributed by atoms with Crippen molar-refractivity contribution >= 4 is 5.96 Å². The highest BCUT2D eigenvalue weighted by molar-refractivity contribution is 5.79. The quantitative estimate of drug-likeness (QED) is 0.420. The fourth-order valence-corrected chi connectivity index (χ4v) is 2.89. The summed E-state index contributed by atoms with van der Waals surface area (Å²) in [5.74, 6) is 0.570. The second-order valence-electron chi connectivity index (χ2n) is 6.39. The van der Waals surface area contributed by atoms with Crippen molar-refractivity contribution < 1.29 is 22.6 Å². The minimum atomic E-state index is -2.94. The lowest BCUT2D eigenvalue weighted by molar-refractivity contribution is -0.0505. The summed E-state index contributed by atoms with van der Waals surface area (Å²) in [7, 11) is 3.05. The maximum absolute atomic E-state index is 14.4. The number of guanidine groups is 1. The Morgan fingerprint density at radius 1 is 1.16 bits per heavy atom. The SMILES string of the molecule is CN=C(NCc1ccc(-n2ccnc2)c(F)c1)NCc1cc(OC)ccc1OC(F)F. The first-order chi connectivity index (χ1) is 15.0. The maximum atomic E-state index is 14.4. The molecule has 0 spiro atoms. The van der Waals surface area contributed by atoms with E-state index in [9.17, 15) is 13.2 Å². The summed E-state index contributed by atoms with van der Waals surface area (Å²) in [5, 5.41) is 6.08. The van der Waals surface area contributed by atoms with Crippen LogP contribution in [0.2, 0.25) is 0 Å². The number of aliphatic imine (C=N–C) groups is 1. The number of halogens is 3. The zero-order valence-electron chi connectivity index (χ0n) is 17.0. The number of nitrogens with zero attached hydrogens (tertiary/aromatic N) is 3. The van der Waals surface area contributed by atoms with Crippen LogP contribution in [0.4, 0.5) is 13.2 Å². The number of alkyl halides is 2. The molecule has 0 aliphatic carbocycles. The van der Waals surface area contributed by atoms with E-state index >= 15 is 0 Å². The Hall–Kier alpha value is -3.69. The molecular formula is C21H22F3N5O2. The number of imidazole rings is 1. The zero-order valence-corrected chi connectivity index (χ0v) is 17.0. The number of methoxy groups -OCH3 is 1. The predicted octanol–water partition coefficient (Wildman–Crippen LogP) is 3.49. The van der Waals surface area contributed by atoms with E-state index in [0.29, 0.717) is 35.1 Å². The maximum Gasteiger partial charge on any atom is 0.387 e. The number of rotatable bonds is 8. The fourth-order valence-electron chi connectivity index (χ4n) is 2.89. The molecule has 3 aromatic rings. The van der Waals surface area contributed by atoms with Crippen LogP contribution in [-0.2, 0) is 13.1 Å². The summed E-state index contributed by atoms with van der Waals surface area (Å²) < 4.78 is 51.0. The standard InChI is InChI=1S/C21H22F3N5O2/c1-25-21(28-12-15-10-16(30-2)4-6-19(15)31-20(23)24)27-11-14-3-5-18(17(22)9-14)29-8-7-26-13-29/h3-10,13,20H,11-12H2,1-2H3,(H2,25,27,28). The topological polar surface area (TPSA) is 72.7 Å². The van der Waals surface area contributed by atoms with E-state index < -0.39 is 6.61 Å².